The summed E-state index contributed by atoms with van der Waals surface area (Å²) < 4.78 is 12.6. The van der Waals surface area contributed by atoms with E-state index in [1.165, 1.54) is 31.2 Å². The highest BCUT2D eigenvalue weighted by molar-refractivity contribution is 5.17. The lowest BCUT2D eigenvalue weighted by atomic mass is 9.89. The minimum atomic E-state index is -0.191. The zero-order valence-electron chi connectivity index (χ0n) is 12.9. The number of nitrogens with zero attached hydrogens (tertiary/aromatic N) is 1. The molecule has 0 amide bonds. The molecule has 1 saturated carbocycles. The molecule has 1 spiro atoms. The average Bonchev–Trinajstić information content (AvgIpc) is 2.98. The van der Waals surface area contributed by atoms with Crippen LogP contribution in [0.1, 0.15) is 37.7 Å². The number of nitrogens with one attached hydrogen (secondary N) is 1. The van der Waals surface area contributed by atoms with E-state index in [0.717, 1.165) is 26.1 Å². The van der Waals surface area contributed by atoms with Crippen molar-refractivity contribution in [3.8, 4) is 0 Å². The first-order valence-electron chi connectivity index (χ1n) is 8.41. The van der Waals surface area contributed by atoms with Crippen LogP contribution >= 0.6 is 0 Å². The molecule has 1 aromatic carbocycles. The minimum absolute atomic E-state index is 0.191. The molecule has 2 aliphatic rings. The van der Waals surface area contributed by atoms with Crippen molar-refractivity contribution in [2.24, 2.45) is 0 Å². The van der Waals surface area contributed by atoms with Crippen molar-refractivity contribution in [1.29, 1.82) is 0 Å². The Bertz CT molecular complexity index is 428. The lowest BCUT2D eigenvalue weighted by Gasteiger charge is -2.48. The maximum absolute atomic E-state index is 12.6. The second-order valence-electron chi connectivity index (χ2n) is 6.69. The summed E-state index contributed by atoms with van der Waals surface area (Å²) in [4.78, 5) is 2.60. The number of piperazine rings is 1. The van der Waals surface area contributed by atoms with E-state index < -0.39 is 0 Å². The second-order valence-corrected chi connectivity index (χ2v) is 6.69. The molecule has 116 valence electrons. The summed E-state index contributed by atoms with van der Waals surface area (Å²) in [6.45, 7) is 2.87. The van der Waals surface area contributed by atoms with E-state index in [9.17, 15) is 4.39 Å². The Hall–Kier alpha value is -0.930. The van der Waals surface area contributed by atoms with Gasteiger partial charge in [-0.15, -0.1) is 0 Å². The zero-order chi connectivity index (χ0) is 14.5. The van der Waals surface area contributed by atoms with Crippen molar-refractivity contribution in [3.63, 3.8) is 0 Å². The Kier molecular flexibility index (Phi) is 4.91. The lowest BCUT2D eigenvalue weighted by Crippen LogP contribution is -2.64. The van der Waals surface area contributed by atoms with Gasteiger partial charge in [-0.3, -0.25) is 9.29 Å². The van der Waals surface area contributed by atoms with Crippen molar-refractivity contribution in [1.82, 2.24) is 10.2 Å². The van der Waals surface area contributed by atoms with Crippen molar-refractivity contribution in [3.05, 3.63) is 35.9 Å². The van der Waals surface area contributed by atoms with Crippen LogP contribution in [0.4, 0.5) is 4.39 Å². The SMILES string of the molecule is FCCCN1CC(Cc2ccccc2)NCC12CCCC2. The summed E-state index contributed by atoms with van der Waals surface area (Å²) in [5.41, 5.74) is 1.71. The van der Waals surface area contributed by atoms with Crippen molar-refractivity contribution >= 4 is 0 Å². The van der Waals surface area contributed by atoms with Crippen LogP contribution in [0.15, 0.2) is 30.3 Å². The van der Waals surface area contributed by atoms with Crippen LogP contribution in [0.5, 0.6) is 0 Å². The molecule has 1 aromatic rings. The highest BCUT2D eigenvalue weighted by Gasteiger charge is 2.42. The van der Waals surface area contributed by atoms with Gasteiger partial charge in [-0.05, 0) is 31.2 Å². The molecule has 3 heteroatoms. The maximum atomic E-state index is 12.6. The Morgan fingerprint density at radius 1 is 1.19 bits per heavy atom. The molecular weight excluding hydrogens is 263 g/mol. The quantitative estimate of drug-likeness (QED) is 0.896. The van der Waals surface area contributed by atoms with Crippen LogP contribution < -0.4 is 5.32 Å². The number of alkyl halides is 1. The van der Waals surface area contributed by atoms with Crippen LogP contribution in [0.3, 0.4) is 0 Å². The van der Waals surface area contributed by atoms with Gasteiger partial charge in [0, 0.05) is 31.2 Å². The van der Waals surface area contributed by atoms with Gasteiger partial charge in [0.2, 0.25) is 0 Å². The first-order chi connectivity index (χ1) is 10.3. The van der Waals surface area contributed by atoms with E-state index in [0.29, 0.717) is 18.0 Å². The third kappa shape index (κ3) is 3.46. The number of hydrogen-bond donors (Lipinski definition) is 1. The molecular formula is C18H27FN2. The van der Waals surface area contributed by atoms with Gasteiger partial charge in [0.15, 0.2) is 0 Å². The van der Waals surface area contributed by atoms with E-state index in [1.54, 1.807) is 0 Å². The fraction of sp³-hybridized carbons (Fsp3) is 0.667. The summed E-state index contributed by atoms with van der Waals surface area (Å²) in [7, 11) is 0. The molecule has 1 aliphatic carbocycles. The van der Waals surface area contributed by atoms with E-state index >= 15 is 0 Å². The van der Waals surface area contributed by atoms with Crippen LogP contribution in [0.25, 0.3) is 0 Å². The predicted octanol–water partition coefficient (Wildman–Crippen LogP) is 3.18. The van der Waals surface area contributed by atoms with Crippen LogP contribution in [0, 0.1) is 0 Å². The maximum Gasteiger partial charge on any atom is 0.0906 e. The summed E-state index contributed by atoms with van der Waals surface area (Å²) in [5.74, 6) is 0. The van der Waals surface area contributed by atoms with E-state index in [2.05, 4.69) is 40.5 Å². The molecule has 1 unspecified atom stereocenters. The van der Waals surface area contributed by atoms with Gasteiger partial charge in [0.25, 0.3) is 0 Å². The van der Waals surface area contributed by atoms with Crippen molar-refractivity contribution in [2.45, 2.75) is 50.1 Å². The van der Waals surface area contributed by atoms with Gasteiger partial charge >= 0.3 is 0 Å². The standard InChI is InChI=1S/C18H27FN2/c19-11-6-12-21-14-17(13-16-7-2-1-3-8-16)20-15-18(21)9-4-5-10-18/h1-3,7-8,17,20H,4-6,9-15H2. The van der Waals surface area contributed by atoms with Gasteiger partial charge < -0.3 is 5.32 Å². The highest BCUT2D eigenvalue weighted by Crippen LogP contribution is 2.37. The molecule has 0 aromatic heterocycles. The third-order valence-corrected chi connectivity index (χ3v) is 5.25. The fourth-order valence-electron chi connectivity index (χ4n) is 4.11. The first kappa shape index (κ1) is 15.0. The van der Waals surface area contributed by atoms with Gasteiger partial charge in [0.1, 0.15) is 0 Å². The summed E-state index contributed by atoms with van der Waals surface area (Å²) in [6.07, 6.45) is 6.98. The summed E-state index contributed by atoms with van der Waals surface area (Å²) >= 11 is 0. The molecule has 1 aliphatic heterocycles. The van der Waals surface area contributed by atoms with Crippen LogP contribution in [-0.4, -0.2) is 42.8 Å². The molecule has 2 nitrogen and oxygen atoms in total. The Labute approximate surface area is 127 Å². The topological polar surface area (TPSA) is 15.3 Å². The molecule has 1 atom stereocenters. The monoisotopic (exact) mass is 290 g/mol. The van der Waals surface area contributed by atoms with Crippen LogP contribution in [-0.2, 0) is 6.42 Å². The van der Waals surface area contributed by atoms with Crippen LogP contribution in [0.2, 0.25) is 0 Å². The van der Waals surface area contributed by atoms with E-state index in [1.807, 2.05) is 0 Å². The lowest BCUT2D eigenvalue weighted by molar-refractivity contribution is 0.0405. The van der Waals surface area contributed by atoms with Crippen molar-refractivity contribution in [2.75, 3.05) is 26.3 Å². The molecule has 1 heterocycles. The van der Waals surface area contributed by atoms with Gasteiger partial charge in [-0.2, -0.15) is 0 Å². The highest BCUT2D eigenvalue weighted by atomic mass is 19.1. The summed E-state index contributed by atoms with van der Waals surface area (Å²) in [6, 6.07) is 11.2. The minimum Gasteiger partial charge on any atom is -0.311 e. The Morgan fingerprint density at radius 2 is 1.95 bits per heavy atom. The predicted molar refractivity (Wildman–Crippen MR) is 85.3 cm³/mol. The molecule has 0 radical (unpaired) electrons. The number of halogens is 1. The zero-order valence-corrected chi connectivity index (χ0v) is 12.9. The van der Waals surface area contributed by atoms with Gasteiger partial charge in [-0.25, -0.2) is 0 Å². The van der Waals surface area contributed by atoms with E-state index in [4.69, 9.17) is 0 Å². The first-order valence-corrected chi connectivity index (χ1v) is 8.41. The van der Waals surface area contributed by atoms with Gasteiger partial charge in [-0.1, -0.05) is 43.2 Å². The second kappa shape index (κ2) is 6.89. The number of rotatable bonds is 5. The Balaban J connectivity index is 1.64. The molecule has 1 N–H and O–H groups in total. The number of hydrogen-bond acceptors (Lipinski definition) is 2. The molecule has 2 fully saturated rings. The molecule has 1 saturated heterocycles. The normalized spacial score (nSPS) is 25.5. The summed E-state index contributed by atoms with van der Waals surface area (Å²) in [5, 5.41) is 3.77. The molecule has 3 rings (SSSR count). The fourth-order valence-corrected chi connectivity index (χ4v) is 4.11. The third-order valence-electron chi connectivity index (χ3n) is 5.25. The average molecular weight is 290 g/mol. The molecule has 21 heavy (non-hydrogen) atoms. The van der Waals surface area contributed by atoms with E-state index in [-0.39, 0.29) is 6.67 Å². The van der Waals surface area contributed by atoms with Crippen molar-refractivity contribution < 1.29 is 4.39 Å². The van der Waals surface area contributed by atoms with Gasteiger partial charge in [0.05, 0.1) is 6.67 Å². The smallest absolute Gasteiger partial charge is 0.0906 e. The number of benzene rings is 1. The largest absolute Gasteiger partial charge is 0.311 e. The molecule has 0 bridgehead atoms. The Morgan fingerprint density at radius 3 is 2.67 bits per heavy atom.